The monoisotopic (exact) mass is 270 g/mol. The number of hydrogen-bond acceptors (Lipinski definition) is 3. The lowest BCUT2D eigenvalue weighted by molar-refractivity contribution is 0.191. The Morgan fingerprint density at radius 2 is 1.95 bits per heavy atom. The molecule has 0 aliphatic carbocycles. The third kappa shape index (κ3) is 3.14. The maximum Gasteiger partial charge on any atom is 0.128 e. The molecular weight excluding hydrogens is 255 g/mol. The van der Waals surface area contributed by atoms with Gasteiger partial charge >= 0.3 is 0 Å². The van der Waals surface area contributed by atoms with Crippen molar-refractivity contribution < 1.29 is 9.50 Å². The number of nitrogens with zero attached hydrogens (tertiary/aromatic N) is 1. The number of halogens is 1. The molecule has 0 radical (unpaired) electrons. The summed E-state index contributed by atoms with van der Waals surface area (Å²) in [6.45, 7) is 1.96. The van der Waals surface area contributed by atoms with Crippen LogP contribution in [-0.2, 0) is 0 Å². The zero-order chi connectivity index (χ0) is 14.5. The normalized spacial score (nSPS) is 11.7. The number of nitriles is 1. The van der Waals surface area contributed by atoms with Gasteiger partial charge in [-0.3, -0.25) is 0 Å². The molecule has 3 nitrogen and oxygen atoms in total. The zero-order valence-corrected chi connectivity index (χ0v) is 11.1. The topological polar surface area (TPSA) is 56.0 Å². The first kappa shape index (κ1) is 14.0. The number of hydrogen-bond donors (Lipinski definition) is 2. The van der Waals surface area contributed by atoms with E-state index < -0.39 is 6.10 Å². The summed E-state index contributed by atoms with van der Waals surface area (Å²) in [5.41, 5.74) is 2.46. The van der Waals surface area contributed by atoms with E-state index in [1.54, 1.807) is 43.3 Å². The van der Waals surface area contributed by atoms with Crippen LogP contribution in [0.15, 0.2) is 42.5 Å². The number of aliphatic hydroxyl groups excluding tert-OH is 1. The minimum Gasteiger partial charge on any atom is -0.387 e. The lowest BCUT2D eigenvalue weighted by Crippen LogP contribution is -2.13. The second kappa shape index (κ2) is 6.18. The fourth-order valence-corrected chi connectivity index (χ4v) is 1.90. The Balaban J connectivity index is 2.03. The van der Waals surface area contributed by atoms with Crippen LogP contribution in [0.2, 0.25) is 0 Å². The van der Waals surface area contributed by atoms with E-state index in [1.165, 1.54) is 6.07 Å². The smallest absolute Gasteiger partial charge is 0.128 e. The van der Waals surface area contributed by atoms with E-state index in [-0.39, 0.29) is 12.4 Å². The van der Waals surface area contributed by atoms with Gasteiger partial charge in [-0.2, -0.15) is 5.26 Å². The van der Waals surface area contributed by atoms with Gasteiger partial charge in [0.25, 0.3) is 0 Å². The summed E-state index contributed by atoms with van der Waals surface area (Å²) in [5.74, 6) is -0.275. The first-order valence-corrected chi connectivity index (χ1v) is 6.29. The summed E-state index contributed by atoms with van der Waals surface area (Å²) in [5, 5.41) is 21.8. The highest BCUT2D eigenvalue weighted by Gasteiger charge is 2.09. The summed E-state index contributed by atoms with van der Waals surface area (Å²) in [6, 6.07) is 13.6. The van der Waals surface area contributed by atoms with Crippen LogP contribution in [0.4, 0.5) is 10.1 Å². The molecule has 0 aliphatic heterocycles. The molecule has 0 heterocycles. The highest BCUT2D eigenvalue weighted by atomic mass is 19.1. The van der Waals surface area contributed by atoms with Crippen molar-refractivity contribution in [1.82, 2.24) is 0 Å². The molecule has 1 atom stereocenters. The van der Waals surface area contributed by atoms with Crippen LogP contribution in [0.1, 0.15) is 22.8 Å². The Morgan fingerprint density at radius 1 is 1.25 bits per heavy atom. The molecule has 0 fully saturated rings. The second-order valence-corrected chi connectivity index (χ2v) is 4.54. The molecule has 102 valence electrons. The molecule has 0 aliphatic rings. The molecular formula is C16H15FN2O. The van der Waals surface area contributed by atoms with Crippen molar-refractivity contribution in [1.29, 1.82) is 5.26 Å². The number of nitrogens with one attached hydrogen (secondary N) is 1. The van der Waals surface area contributed by atoms with E-state index in [0.29, 0.717) is 22.4 Å². The first-order chi connectivity index (χ1) is 9.61. The van der Waals surface area contributed by atoms with Gasteiger partial charge in [0.1, 0.15) is 5.82 Å². The summed E-state index contributed by atoms with van der Waals surface area (Å²) >= 11 is 0. The van der Waals surface area contributed by atoms with E-state index in [9.17, 15) is 9.50 Å². The highest BCUT2D eigenvalue weighted by Crippen LogP contribution is 2.19. The highest BCUT2D eigenvalue weighted by molar-refractivity contribution is 5.51. The van der Waals surface area contributed by atoms with Crippen LogP contribution in [0.3, 0.4) is 0 Å². The molecule has 20 heavy (non-hydrogen) atoms. The molecule has 0 amide bonds. The van der Waals surface area contributed by atoms with Gasteiger partial charge in [0.05, 0.1) is 17.7 Å². The molecule has 2 rings (SSSR count). The van der Waals surface area contributed by atoms with Crippen LogP contribution in [0, 0.1) is 24.1 Å². The van der Waals surface area contributed by atoms with Crippen molar-refractivity contribution in [3.63, 3.8) is 0 Å². The number of rotatable bonds is 4. The molecule has 2 aromatic carbocycles. The molecule has 4 heteroatoms. The molecule has 0 spiro atoms. The SMILES string of the molecule is Cc1c(F)cccc1NCC(O)c1ccc(C#N)cc1. The predicted molar refractivity (Wildman–Crippen MR) is 75.7 cm³/mol. The van der Waals surface area contributed by atoms with E-state index in [4.69, 9.17) is 5.26 Å². The Labute approximate surface area is 117 Å². The predicted octanol–water partition coefficient (Wildman–Crippen LogP) is 3.15. The molecule has 0 aromatic heterocycles. The quantitative estimate of drug-likeness (QED) is 0.897. The largest absolute Gasteiger partial charge is 0.387 e. The van der Waals surface area contributed by atoms with Gasteiger partial charge in [-0.15, -0.1) is 0 Å². The van der Waals surface area contributed by atoms with E-state index in [0.717, 1.165) is 0 Å². The van der Waals surface area contributed by atoms with Crippen LogP contribution in [0.25, 0.3) is 0 Å². The Kier molecular flexibility index (Phi) is 4.34. The third-order valence-electron chi connectivity index (χ3n) is 3.18. The fraction of sp³-hybridized carbons (Fsp3) is 0.188. The third-order valence-corrected chi connectivity index (χ3v) is 3.18. The average Bonchev–Trinajstić information content (AvgIpc) is 2.48. The van der Waals surface area contributed by atoms with Crippen molar-refractivity contribution in [2.45, 2.75) is 13.0 Å². The zero-order valence-electron chi connectivity index (χ0n) is 11.1. The van der Waals surface area contributed by atoms with E-state index >= 15 is 0 Å². The first-order valence-electron chi connectivity index (χ1n) is 6.29. The van der Waals surface area contributed by atoms with Gasteiger partial charge in [-0.1, -0.05) is 18.2 Å². The number of aliphatic hydroxyl groups is 1. The maximum atomic E-state index is 13.4. The minimum atomic E-state index is -0.717. The van der Waals surface area contributed by atoms with Gasteiger partial charge in [0, 0.05) is 17.8 Å². The lowest BCUT2D eigenvalue weighted by atomic mass is 10.1. The summed E-state index contributed by atoms with van der Waals surface area (Å²) < 4.78 is 13.4. The molecule has 2 N–H and O–H groups in total. The van der Waals surface area contributed by atoms with Crippen molar-refractivity contribution in [2.24, 2.45) is 0 Å². The molecule has 2 aromatic rings. The summed E-state index contributed by atoms with van der Waals surface area (Å²) in [4.78, 5) is 0. The molecule has 0 saturated carbocycles. The van der Waals surface area contributed by atoms with Crippen molar-refractivity contribution >= 4 is 5.69 Å². The van der Waals surface area contributed by atoms with Gasteiger partial charge in [0.2, 0.25) is 0 Å². The standard InChI is InChI=1S/C16H15FN2O/c1-11-14(17)3-2-4-15(11)19-10-16(20)13-7-5-12(9-18)6-8-13/h2-8,16,19-20H,10H2,1H3. The van der Waals surface area contributed by atoms with Crippen molar-refractivity contribution in [3.8, 4) is 6.07 Å². The summed E-state index contributed by atoms with van der Waals surface area (Å²) in [6.07, 6.45) is -0.717. The van der Waals surface area contributed by atoms with Crippen LogP contribution in [0.5, 0.6) is 0 Å². The van der Waals surface area contributed by atoms with Crippen molar-refractivity contribution in [2.75, 3.05) is 11.9 Å². The van der Waals surface area contributed by atoms with E-state index in [2.05, 4.69) is 5.32 Å². The van der Waals surface area contributed by atoms with Crippen molar-refractivity contribution in [3.05, 3.63) is 65.0 Å². The lowest BCUT2D eigenvalue weighted by Gasteiger charge is -2.15. The number of anilines is 1. The van der Waals surface area contributed by atoms with Crippen LogP contribution >= 0.6 is 0 Å². The number of benzene rings is 2. The summed E-state index contributed by atoms with van der Waals surface area (Å²) in [7, 11) is 0. The minimum absolute atomic E-state index is 0.274. The van der Waals surface area contributed by atoms with Crippen LogP contribution in [-0.4, -0.2) is 11.7 Å². The molecule has 1 unspecified atom stereocenters. The van der Waals surface area contributed by atoms with Gasteiger partial charge in [-0.05, 0) is 36.8 Å². The van der Waals surface area contributed by atoms with Gasteiger partial charge < -0.3 is 10.4 Å². The Morgan fingerprint density at radius 3 is 2.60 bits per heavy atom. The van der Waals surface area contributed by atoms with E-state index in [1.807, 2.05) is 6.07 Å². The Hall–Kier alpha value is -2.38. The average molecular weight is 270 g/mol. The second-order valence-electron chi connectivity index (χ2n) is 4.54. The maximum absolute atomic E-state index is 13.4. The van der Waals surface area contributed by atoms with Gasteiger partial charge in [-0.25, -0.2) is 4.39 Å². The fourth-order valence-electron chi connectivity index (χ4n) is 1.90. The Bertz CT molecular complexity index is 632. The molecule has 0 bridgehead atoms. The van der Waals surface area contributed by atoms with Crippen LogP contribution < -0.4 is 5.32 Å². The molecule has 0 saturated heterocycles. The van der Waals surface area contributed by atoms with Gasteiger partial charge in [0.15, 0.2) is 0 Å².